The van der Waals surface area contributed by atoms with Crippen LogP contribution in [0.5, 0.6) is 11.5 Å². The number of aliphatic hydroxyl groups excluding tert-OH is 1. The van der Waals surface area contributed by atoms with Gasteiger partial charge in [-0.05, 0) is 145 Å². The van der Waals surface area contributed by atoms with Crippen molar-refractivity contribution < 1.29 is 50.1 Å². The molecule has 0 aliphatic heterocycles. The lowest BCUT2D eigenvalue weighted by atomic mass is 9.91. The standard InChI is InChI=1S/C34H42Cl2F3NO3Si.C28H26Cl2F3NO2/c1-33(2,3)44(5,6)43-32(34(37,38)39)27(23-41)21-24-7-17-30(18-8-24)42-20-19-40(4)22-31(25-9-13-28(35)14-10-25)26-11-15-29(36)16-12-26;1-19(27(35)28(31,32)33)17-20-3-13-25(14-4-20)36-16-15-34(2)18-26(21-5-9-23(29)10-6-21)22-7-11-24(30)12-8-22/h7-18,31,41H,19-23H2,1-6H3;3-14,26H,1,15-18H2,2H3/b32-27+;. The summed E-state index contributed by atoms with van der Waals surface area (Å²) in [6.07, 6.45) is -9.87. The van der Waals surface area contributed by atoms with E-state index >= 15 is 0 Å². The van der Waals surface area contributed by atoms with Crippen molar-refractivity contribution in [3.05, 3.63) is 223 Å². The fourth-order valence-corrected chi connectivity index (χ4v) is 9.74. The van der Waals surface area contributed by atoms with Crippen LogP contribution < -0.4 is 9.47 Å². The molecule has 0 saturated carbocycles. The molecule has 0 spiro atoms. The van der Waals surface area contributed by atoms with Crippen molar-refractivity contribution >= 4 is 60.5 Å². The number of allylic oxidation sites excluding steroid dienone is 2. The molecule has 0 radical (unpaired) electrons. The SMILES string of the molecule is C=C(Cc1ccc(OCCN(C)CC(c2ccc(Cl)cc2)c2ccc(Cl)cc2)cc1)C(=O)C(F)(F)F.CN(CCOc1ccc(C/C(CO)=C(\O[Si](C)(C)C(C)(C)C)C(F)(F)F)cc1)CC(c1ccc(Cl)cc1)c1ccc(Cl)cc1. The molecule has 1 N–H and O–H groups in total. The van der Waals surface area contributed by atoms with Crippen LogP contribution in [0.4, 0.5) is 26.3 Å². The maximum Gasteiger partial charge on any atom is 0.454 e. The zero-order valence-electron chi connectivity index (χ0n) is 45.8. The minimum Gasteiger partial charge on any atom is -0.540 e. The molecule has 0 saturated heterocycles. The highest BCUT2D eigenvalue weighted by Gasteiger charge is 2.47. The minimum atomic E-state index is -4.91. The summed E-state index contributed by atoms with van der Waals surface area (Å²) in [7, 11) is 1.25. The fourth-order valence-electron chi connectivity index (χ4n) is 8.16. The maximum atomic E-state index is 14.0. The Morgan fingerprint density at radius 1 is 0.550 bits per heavy atom. The minimum absolute atomic E-state index is 0.0836. The highest BCUT2D eigenvalue weighted by molar-refractivity contribution is 6.74. The topological polar surface area (TPSA) is 71.5 Å². The number of halogens is 10. The largest absolute Gasteiger partial charge is 0.540 e. The van der Waals surface area contributed by atoms with Crippen LogP contribution in [0.15, 0.2) is 169 Å². The van der Waals surface area contributed by atoms with Crippen LogP contribution in [-0.4, -0.2) is 101 Å². The van der Waals surface area contributed by atoms with E-state index in [0.29, 0.717) is 69.0 Å². The monoisotopic (exact) mass is 1200 g/mol. The maximum absolute atomic E-state index is 14.0. The highest BCUT2D eigenvalue weighted by Crippen LogP contribution is 2.42. The number of hydrogen-bond acceptors (Lipinski definition) is 7. The van der Waals surface area contributed by atoms with Gasteiger partial charge in [-0.1, -0.05) is 147 Å². The number of aliphatic hydroxyl groups is 1. The number of ether oxygens (including phenoxy) is 2. The van der Waals surface area contributed by atoms with Crippen LogP contribution >= 0.6 is 46.4 Å². The van der Waals surface area contributed by atoms with Gasteiger partial charge in [0, 0.05) is 75.7 Å². The average Bonchev–Trinajstić information content (AvgIpc) is 3.42. The third kappa shape index (κ3) is 20.6. The van der Waals surface area contributed by atoms with Crippen LogP contribution in [-0.2, 0) is 22.1 Å². The lowest BCUT2D eigenvalue weighted by molar-refractivity contribution is -0.166. The normalized spacial score (nSPS) is 12.6. The Hall–Kier alpha value is -5.29. The Bertz CT molecular complexity index is 2840. The lowest BCUT2D eigenvalue weighted by Gasteiger charge is -2.38. The van der Waals surface area contributed by atoms with Crippen molar-refractivity contribution in [2.45, 2.75) is 75.9 Å². The van der Waals surface area contributed by atoms with Crippen LogP contribution in [0.2, 0.25) is 38.2 Å². The molecule has 430 valence electrons. The molecule has 0 unspecified atom stereocenters. The molecule has 0 heterocycles. The fraction of sp³-hybridized carbons (Fsp3) is 0.339. The summed E-state index contributed by atoms with van der Waals surface area (Å²) in [5, 5.41) is 12.2. The zero-order valence-corrected chi connectivity index (χ0v) is 49.9. The Balaban J connectivity index is 0.000000300. The molecule has 0 bridgehead atoms. The number of hydrogen-bond donors (Lipinski definition) is 1. The van der Waals surface area contributed by atoms with Crippen molar-refractivity contribution in [2.75, 3.05) is 60.1 Å². The molecule has 0 aromatic heterocycles. The molecule has 18 heteroatoms. The summed E-state index contributed by atoms with van der Waals surface area (Å²) < 4.78 is 97.2. The molecule has 0 atom stereocenters. The molecule has 80 heavy (non-hydrogen) atoms. The van der Waals surface area contributed by atoms with Crippen LogP contribution in [0, 0.1) is 0 Å². The zero-order chi connectivity index (χ0) is 59.0. The average molecular weight is 1210 g/mol. The van der Waals surface area contributed by atoms with Crippen molar-refractivity contribution in [1.82, 2.24) is 9.80 Å². The number of carbonyl (C=O) groups excluding carboxylic acids is 1. The molecule has 6 aromatic rings. The second-order valence-electron chi connectivity index (χ2n) is 21.1. The van der Waals surface area contributed by atoms with Crippen LogP contribution in [0.1, 0.15) is 66.0 Å². The van der Waals surface area contributed by atoms with E-state index in [1.54, 1.807) is 61.6 Å². The first kappa shape index (κ1) is 65.5. The highest BCUT2D eigenvalue weighted by atomic mass is 35.5. The summed E-state index contributed by atoms with van der Waals surface area (Å²) in [6, 6.07) is 44.7. The van der Waals surface area contributed by atoms with Gasteiger partial charge in [0.1, 0.15) is 24.7 Å². The second-order valence-corrected chi connectivity index (χ2v) is 27.5. The number of alkyl halides is 6. The smallest absolute Gasteiger partial charge is 0.454 e. The number of ketones is 1. The van der Waals surface area contributed by atoms with Gasteiger partial charge in [-0.15, -0.1) is 0 Å². The van der Waals surface area contributed by atoms with E-state index in [9.17, 15) is 36.2 Å². The summed E-state index contributed by atoms with van der Waals surface area (Å²) in [6.45, 7) is 15.3. The molecule has 0 fully saturated rings. The predicted molar refractivity (Wildman–Crippen MR) is 314 cm³/mol. The molecule has 0 aliphatic rings. The number of rotatable bonds is 24. The first-order valence-electron chi connectivity index (χ1n) is 25.7. The van der Waals surface area contributed by atoms with E-state index in [4.69, 9.17) is 60.3 Å². The van der Waals surface area contributed by atoms with Crippen molar-refractivity contribution in [3.63, 3.8) is 0 Å². The van der Waals surface area contributed by atoms with Gasteiger partial charge >= 0.3 is 12.4 Å². The first-order valence-corrected chi connectivity index (χ1v) is 30.2. The number of nitrogens with zero attached hydrogens (tertiary/aromatic N) is 2. The van der Waals surface area contributed by atoms with Crippen molar-refractivity contribution in [1.29, 1.82) is 0 Å². The van der Waals surface area contributed by atoms with E-state index in [-0.39, 0.29) is 30.3 Å². The summed E-state index contributed by atoms with van der Waals surface area (Å²) in [5.41, 5.74) is 5.04. The summed E-state index contributed by atoms with van der Waals surface area (Å²) in [4.78, 5) is 15.6. The van der Waals surface area contributed by atoms with Gasteiger partial charge in [-0.25, -0.2) is 0 Å². The first-order chi connectivity index (χ1) is 37.5. The van der Waals surface area contributed by atoms with E-state index in [1.165, 1.54) is 0 Å². The molecule has 6 aromatic carbocycles. The van der Waals surface area contributed by atoms with Crippen molar-refractivity contribution in [3.8, 4) is 11.5 Å². The number of Topliss-reactive ketones (excluding diaryl/α,β-unsaturated/α-hetero) is 1. The van der Waals surface area contributed by atoms with Gasteiger partial charge < -0.3 is 28.8 Å². The third-order valence-corrected chi connectivity index (χ3v) is 19.1. The van der Waals surface area contributed by atoms with Gasteiger partial charge in [-0.2, -0.15) is 26.3 Å². The molecular formula is C62H68Cl4F6N2O5Si. The van der Waals surface area contributed by atoms with Gasteiger partial charge in [0.05, 0.1) is 6.61 Å². The van der Waals surface area contributed by atoms with E-state index < -0.39 is 49.4 Å². The summed E-state index contributed by atoms with van der Waals surface area (Å²) >= 11 is 24.4. The van der Waals surface area contributed by atoms with Gasteiger partial charge in [0.2, 0.25) is 8.32 Å². The van der Waals surface area contributed by atoms with Gasteiger partial charge in [0.25, 0.3) is 5.78 Å². The summed E-state index contributed by atoms with van der Waals surface area (Å²) in [5.74, 6) is -1.57. The molecular weight excluding hydrogens is 1140 g/mol. The Labute approximate surface area is 487 Å². The van der Waals surface area contributed by atoms with Gasteiger partial charge in [0.15, 0.2) is 5.76 Å². The third-order valence-electron chi connectivity index (χ3n) is 13.8. The van der Waals surface area contributed by atoms with Crippen LogP contribution in [0.3, 0.4) is 0 Å². The van der Waals surface area contributed by atoms with Crippen LogP contribution in [0.25, 0.3) is 0 Å². The molecule has 0 amide bonds. The second kappa shape index (κ2) is 29.6. The predicted octanol–water partition coefficient (Wildman–Crippen LogP) is 16.9. The van der Waals surface area contributed by atoms with Gasteiger partial charge in [-0.3, -0.25) is 4.79 Å². The Morgan fingerprint density at radius 2 is 0.875 bits per heavy atom. The number of benzene rings is 6. The number of carbonyl (C=O) groups is 1. The number of likely N-dealkylation sites (N-methyl/N-ethyl adjacent to an activating group) is 2. The Kier molecular flexibility index (Phi) is 24.3. The van der Waals surface area contributed by atoms with E-state index in [1.807, 2.05) is 132 Å². The quantitative estimate of drug-likeness (QED) is 0.0280. The molecule has 6 rings (SSSR count). The molecule has 7 nitrogen and oxygen atoms in total. The van der Waals surface area contributed by atoms with E-state index in [0.717, 1.165) is 35.3 Å². The Morgan fingerprint density at radius 3 is 1.16 bits per heavy atom. The van der Waals surface area contributed by atoms with Crippen molar-refractivity contribution in [2.24, 2.45) is 0 Å². The van der Waals surface area contributed by atoms with E-state index in [2.05, 4.69) is 16.4 Å². The molecule has 0 aliphatic carbocycles. The lowest BCUT2D eigenvalue weighted by Crippen LogP contribution is -2.43.